The highest BCUT2D eigenvalue weighted by atomic mass is 16.5. The number of anilines is 1. The van der Waals surface area contributed by atoms with Crippen LogP contribution >= 0.6 is 0 Å². The first-order chi connectivity index (χ1) is 13.5. The van der Waals surface area contributed by atoms with E-state index in [1.807, 2.05) is 31.2 Å². The lowest BCUT2D eigenvalue weighted by Crippen LogP contribution is -2.41. The van der Waals surface area contributed by atoms with Gasteiger partial charge in [-0.15, -0.1) is 0 Å². The zero-order chi connectivity index (χ0) is 20.4. The van der Waals surface area contributed by atoms with Gasteiger partial charge in [-0.2, -0.15) is 0 Å². The molecule has 1 aliphatic heterocycles. The number of benzene rings is 1. The standard InChI is InChI=1S/C23H38N2O3/c1-5-6-15-23(3,27-4)22(26)24-20-11-13-21(14-12-20)28-18-9-17-25-16-8-7-10-19(25)2/h11-14,19H,5-10,15-18H2,1-4H3,(H,24,26)/t19-,23-/m0/s1. The topological polar surface area (TPSA) is 50.8 Å². The molecule has 158 valence electrons. The summed E-state index contributed by atoms with van der Waals surface area (Å²) in [6, 6.07) is 8.29. The first kappa shape index (κ1) is 22.7. The Morgan fingerprint density at radius 2 is 2.00 bits per heavy atom. The fourth-order valence-corrected chi connectivity index (χ4v) is 3.67. The molecule has 1 heterocycles. The Morgan fingerprint density at radius 3 is 2.64 bits per heavy atom. The SMILES string of the molecule is CCCC[C@](C)(OC)C(=O)Nc1ccc(OCCCN2CCCC[C@@H]2C)cc1. The van der Waals surface area contributed by atoms with E-state index in [0.717, 1.165) is 37.2 Å². The summed E-state index contributed by atoms with van der Waals surface area (Å²) < 4.78 is 11.3. The molecule has 1 aromatic carbocycles. The van der Waals surface area contributed by atoms with Gasteiger partial charge < -0.3 is 19.7 Å². The van der Waals surface area contributed by atoms with E-state index in [4.69, 9.17) is 9.47 Å². The van der Waals surface area contributed by atoms with Gasteiger partial charge in [-0.05, 0) is 70.3 Å². The van der Waals surface area contributed by atoms with Crippen molar-refractivity contribution < 1.29 is 14.3 Å². The third-order valence-corrected chi connectivity index (χ3v) is 5.85. The van der Waals surface area contributed by atoms with Crippen molar-refractivity contribution in [3.8, 4) is 5.75 Å². The summed E-state index contributed by atoms with van der Waals surface area (Å²) >= 11 is 0. The van der Waals surface area contributed by atoms with Crippen LogP contribution in [0.1, 0.15) is 65.7 Å². The highest BCUT2D eigenvalue weighted by Crippen LogP contribution is 2.22. The Kier molecular flexibility index (Phi) is 9.26. The molecule has 1 fully saturated rings. The van der Waals surface area contributed by atoms with Crippen LogP contribution in [-0.4, -0.2) is 49.3 Å². The number of nitrogens with one attached hydrogen (secondary N) is 1. The monoisotopic (exact) mass is 390 g/mol. The van der Waals surface area contributed by atoms with Gasteiger partial charge in [0.1, 0.15) is 11.4 Å². The molecule has 0 radical (unpaired) electrons. The maximum atomic E-state index is 12.6. The van der Waals surface area contributed by atoms with Crippen molar-refractivity contribution in [3.05, 3.63) is 24.3 Å². The van der Waals surface area contributed by atoms with Gasteiger partial charge in [0.2, 0.25) is 0 Å². The maximum absolute atomic E-state index is 12.6. The lowest BCUT2D eigenvalue weighted by Gasteiger charge is -2.33. The Labute approximate surface area is 170 Å². The summed E-state index contributed by atoms with van der Waals surface area (Å²) in [4.78, 5) is 15.1. The molecule has 0 saturated carbocycles. The van der Waals surface area contributed by atoms with Gasteiger partial charge in [0.25, 0.3) is 5.91 Å². The molecule has 0 aromatic heterocycles. The summed E-state index contributed by atoms with van der Waals surface area (Å²) in [6.45, 7) is 9.31. The third-order valence-electron chi connectivity index (χ3n) is 5.85. The molecule has 2 rings (SSSR count). The predicted octanol–water partition coefficient (Wildman–Crippen LogP) is 4.86. The van der Waals surface area contributed by atoms with E-state index in [1.54, 1.807) is 7.11 Å². The Bertz CT molecular complexity index is 590. The molecule has 0 unspecified atom stereocenters. The fraction of sp³-hybridized carbons (Fsp3) is 0.696. The number of ether oxygens (including phenoxy) is 2. The number of nitrogens with zero attached hydrogens (tertiary/aromatic N) is 1. The van der Waals surface area contributed by atoms with E-state index in [9.17, 15) is 4.79 Å². The van der Waals surface area contributed by atoms with Crippen molar-refractivity contribution in [2.45, 2.75) is 77.4 Å². The molecule has 2 atom stereocenters. The maximum Gasteiger partial charge on any atom is 0.256 e. The van der Waals surface area contributed by atoms with Gasteiger partial charge in [-0.1, -0.05) is 26.2 Å². The molecular formula is C23H38N2O3. The second kappa shape index (κ2) is 11.4. The lowest BCUT2D eigenvalue weighted by atomic mass is 9.97. The van der Waals surface area contributed by atoms with Crippen LogP contribution in [0.4, 0.5) is 5.69 Å². The van der Waals surface area contributed by atoms with Crippen LogP contribution < -0.4 is 10.1 Å². The first-order valence-corrected chi connectivity index (χ1v) is 10.8. The van der Waals surface area contributed by atoms with E-state index >= 15 is 0 Å². The number of unbranched alkanes of at least 4 members (excludes halogenated alkanes) is 1. The Balaban J connectivity index is 1.75. The number of carbonyl (C=O) groups excluding carboxylic acids is 1. The number of likely N-dealkylation sites (tertiary alicyclic amines) is 1. The molecule has 1 aromatic rings. The number of hydrogen-bond acceptors (Lipinski definition) is 4. The van der Waals surface area contributed by atoms with E-state index in [2.05, 4.69) is 24.1 Å². The van der Waals surface area contributed by atoms with Gasteiger partial charge in [-0.25, -0.2) is 0 Å². The van der Waals surface area contributed by atoms with Gasteiger partial charge in [-0.3, -0.25) is 4.79 Å². The van der Waals surface area contributed by atoms with Gasteiger partial charge in [0, 0.05) is 25.4 Å². The molecule has 1 N–H and O–H groups in total. The van der Waals surface area contributed by atoms with Crippen molar-refractivity contribution in [1.29, 1.82) is 0 Å². The summed E-state index contributed by atoms with van der Waals surface area (Å²) in [5, 5.41) is 2.96. The third kappa shape index (κ3) is 6.78. The molecule has 28 heavy (non-hydrogen) atoms. The van der Waals surface area contributed by atoms with Crippen LogP contribution in [0.15, 0.2) is 24.3 Å². The Hall–Kier alpha value is -1.59. The normalized spacial score (nSPS) is 19.8. The van der Waals surface area contributed by atoms with Crippen molar-refractivity contribution in [2.24, 2.45) is 0 Å². The van der Waals surface area contributed by atoms with E-state index in [-0.39, 0.29) is 5.91 Å². The average Bonchev–Trinajstić information content (AvgIpc) is 2.71. The van der Waals surface area contributed by atoms with Crippen molar-refractivity contribution in [3.63, 3.8) is 0 Å². The predicted molar refractivity (Wildman–Crippen MR) is 115 cm³/mol. The number of hydrogen-bond donors (Lipinski definition) is 1. The number of methoxy groups -OCH3 is 1. The number of piperidine rings is 1. The van der Waals surface area contributed by atoms with Crippen LogP contribution in [0.25, 0.3) is 0 Å². The summed E-state index contributed by atoms with van der Waals surface area (Å²) in [6.07, 6.45) is 7.73. The quantitative estimate of drug-likeness (QED) is 0.548. The molecule has 1 aliphatic rings. The van der Waals surface area contributed by atoms with Crippen LogP contribution in [-0.2, 0) is 9.53 Å². The van der Waals surface area contributed by atoms with Crippen molar-refractivity contribution >= 4 is 11.6 Å². The fourth-order valence-electron chi connectivity index (χ4n) is 3.67. The zero-order valence-electron chi connectivity index (χ0n) is 18.1. The second-order valence-electron chi connectivity index (χ2n) is 8.10. The van der Waals surface area contributed by atoms with E-state index in [1.165, 1.54) is 25.8 Å². The molecule has 5 heteroatoms. The number of rotatable bonds is 11. The molecule has 1 amide bonds. The van der Waals surface area contributed by atoms with Crippen LogP contribution in [0.2, 0.25) is 0 Å². The molecular weight excluding hydrogens is 352 g/mol. The Morgan fingerprint density at radius 1 is 1.25 bits per heavy atom. The summed E-state index contributed by atoms with van der Waals surface area (Å²) in [7, 11) is 1.59. The average molecular weight is 391 g/mol. The highest BCUT2D eigenvalue weighted by molar-refractivity contribution is 5.97. The van der Waals surface area contributed by atoms with Crippen LogP contribution in [0, 0.1) is 0 Å². The number of amides is 1. The zero-order valence-corrected chi connectivity index (χ0v) is 18.1. The minimum Gasteiger partial charge on any atom is -0.494 e. The second-order valence-corrected chi connectivity index (χ2v) is 8.10. The molecule has 1 saturated heterocycles. The van der Waals surface area contributed by atoms with Crippen LogP contribution in [0.3, 0.4) is 0 Å². The summed E-state index contributed by atoms with van der Waals surface area (Å²) in [5.74, 6) is 0.734. The molecule has 0 aliphatic carbocycles. The number of carbonyl (C=O) groups is 1. The molecule has 0 bridgehead atoms. The van der Waals surface area contributed by atoms with E-state index < -0.39 is 5.60 Å². The van der Waals surface area contributed by atoms with Gasteiger partial charge >= 0.3 is 0 Å². The molecule has 0 spiro atoms. The minimum absolute atomic E-state index is 0.104. The van der Waals surface area contributed by atoms with Gasteiger partial charge in [0.15, 0.2) is 0 Å². The van der Waals surface area contributed by atoms with E-state index in [0.29, 0.717) is 19.1 Å². The first-order valence-electron chi connectivity index (χ1n) is 10.8. The largest absolute Gasteiger partial charge is 0.494 e. The van der Waals surface area contributed by atoms with Crippen molar-refractivity contribution in [1.82, 2.24) is 4.90 Å². The minimum atomic E-state index is -0.795. The van der Waals surface area contributed by atoms with Crippen molar-refractivity contribution in [2.75, 3.05) is 32.1 Å². The lowest BCUT2D eigenvalue weighted by molar-refractivity contribution is -0.136. The highest BCUT2D eigenvalue weighted by Gasteiger charge is 2.32. The summed E-state index contributed by atoms with van der Waals surface area (Å²) in [5.41, 5.74) is -0.0317. The van der Waals surface area contributed by atoms with Gasteiger partial charge in [0.05, 0.1) is 6.61 Å². The molecule has 5 nitrogen and oxygen atoms in total. The van der Waals surface area contributed by atoms with Crippen LogP contribution in [0.5, 0.6) is 5.75 Å². The smallest absolute Gasteiger partial charge is 0.256 e.